The summed E-state index contributed by atoms with van der Waals surface area (Å²) in [6, 6.07) is 59.1. The van der Waals surface area contributed by atoms with E-state index in [0.717, 1.165) is 11.4 Å². The lowest BCUT2D eigenvalue weighted by atomic mass is 9.83. The highest BCUT2D eigenvalue weighted by molar-refractivity contribution is 6.23. The first-order valence-electron chi connectivity index (χ1n) is 21.7. The molecule has 0 radical (unpaired) electrons. The number of para-hydroxylation sites is 8. The van der Waals surface area contributed by atoms with Crippen LogP contribution >= 0.6 is 0 Å². The molecular formula is C58H50N4. The van der Waals surface area contributed by atoms with Gasteiger partial charge in [0.1, 0.15) is 0 Å². The molecule has 0 amide bonds. The van der Waals surface area contributed by atoms with Crippen LogP contribution in [0.1, 0.15) is 33.4 Å². The van der Waals surface area contributed by atoms with Gasteiger partial charge in [0.15, 0.2) is 0 Å². The molecule has 9 aromatic carbocycles. The third-order valence-electron chi connectivity index (χ3n) is 14.0. The van der Waals surface area contributed by atoms with Gasteiger partial charge < -0.3 is 19.6 Å². The van der Waals surface area contributed by atoms with Crippen molar-refractivity contribution in [2.24, 2.45) is 0 Å². The Hall–Kier alpha value is -7.30. The maximum Gasteiger partial charge on any atom is 0.0699 e. The summed E-state index contributed by atoms with van der Waals surface area (Å²) in [6.45, 7) is 13.5. The Morgan fingerprint density at radius 2 is 0.565 bits per heavy atom. The van der Waals surface area contributed by atoms with Gasteiger partial charge in [-0.3, -0.25) is 0 Å². The smallest absolute Gasteiger partial charge is 0.0699 e. The molecule has 0 saturated heterocycles. The average Bonchev–Trinajstić information content (AvgIpc) is 3.29. The van der Waals surface area contributed by atoms with Crippen molar-refractivity contribution in [1.82, 2.24) is 0 Å². The van der Waals surface area contributed by atoms with E-state index in [1.54, 1.807) is 0 Å². The van der Waals surface area contributed by atoms with Crippen molar-refractivity contribution in [2.75, 3.05) is 33.7 Å². The third-order valence-corrected chi connectivity index (χ3v) is 14.0. The lowest BCUT2D eigenvalue weighted by molar-refractivity contribution is 1.13. The molecule has 2 aliphatic rings. The summed E-state index contributed by atoms with van der Waals surface area (Å²) in [7, 11) is 4.35. The van der Waals surface area contributed by atoms with E-state index < -0.39 is 0 Å². The highest BCUT2D eigenvalue weighted by Crippen LogP contribution is 2.55. The second-order valence-corrected chi connectivity index (χ2v) is 17.4. The summed E-state index contributed by atoms with van der Waals surface area (Å²) in [4.78, 5) is 9.53. The topological polar surface area (TPSA) is 13.0 Å². The van der Waals surface area contributed by atoms with Crippen LogP contribution in [0.2, 0.25) is 0 Å². The minimum Gasteiger partial charge on any atom is -0.341 e. The predicted molar refractivity (Wildman–Crippen MR) is 266 cm³/mol. The maximum absolute atomic E-state index is 2.46. The number of aryl methyl sites for hydroxylation is 4. The molecule has 4 nitrogen and oxygen atoms in total. The van der Waals surface area contributed by atoms with E-state index in [4.69, 9.17) is 0 Å². The number of rotatable bonds is 4. The molecule has 62 heavy (non-hydrogen) atoms. The first-order valence-corrected chi connectivity index (χ1v) is 21.7. The van der Waals surface area contributed by atoms with Gasteiger partial charge in [-0.05, 0) is 192 Å². The molecule has 0 aliphatic carbocycles. The van der Waals surface area contributed by atoms with Gasteiger partial charge in [0.05, 0.1) is 45.5 Å². The zero-order valence-corrected chi connectivity index (χ0v) is 36.8. The van der Waals surface area contributed by atoms with Crippen LogP contribution in [0.25, 0.3) is 43.8 Å². The van der Waals surface area contributed by atoms with Gasteiger partial charge in [0.2, 0.25) is 0 Å². The molecule has 0 fully saturated rings. The van der Waals surface area contributed by atoms with Crippen molar-refractivity contribution in [2.45, 2.75) is 41.5 Å². The Kier molecular flexibility index (Phi) is 8.59. The Bertz CT molecular complexity index is 2960. The number of anilines is 10. The third kappa shape index (κ3) is 5.59. The van der Waals surface area contributed by atoms with Gasteiger partial charge in [0.25, 0.3) is 0 Å². The number of fused-ring (bicyclic) bond motifs is 6. The van der Waals surface area contributed by atoms with E-state index in [9.17, 15) is 0 Å². The van der Waals surface area contributed by atoms with Gasteiger partial charge in [-0.1, -0.05) is 84.9 Å². The van der Waals surface area contributed by atoms with Crippen LogP contribution in [0.4, 0.5) is 56.9 Å². The normalized spacial score (nSPS) is 13.0. The molecule has 0 N–H and O–H groups in total. The van der Waals surface area contributed by atoms with Crippen LogP contribution in [-0.4, -0.2) is 14.1 Å². The molecule has 2 aliphatic heterocycles. The molecular weight excluding hydrogens is 753 g/mol. The zero-order chi connectivity index (χ0) is 42.6. The minimum atomic E-state index is 1.14. The monoisotopic (exact) mass is 802 g/mol. The Morgan fingerprint density at radius 3 is 0.855 bits per heavy atom. The second kappa shape index (κ2) is 14.1. The fourth-order valence-corrected chi connectivity index (χ4v) is 10.3. The van der Waals surface area contributed by atoms with Gasteiger partial charge in [-0.15, -0.1) is 0 Å². The largest absolute Gasteiger partial charge is 0.341 e. The Balaban J connectivity index is 1.27. The Labute approximate surface area is 365 Å². The van der Waals surface area contributed by atoms with E-state index in [2.05, 4.69) is 233 Å². The quantitative estimate of drug-likeness (QED) is 0.164. The first-order chi connectivity index (χ1) is 30.1. The van der Waals surface area contributed by atoms with E-state index in [-0.39, 0.29) is 0 Å². The summed E-state index contributed by atoms with van der Waals surface area (Å²) in [5.74, 6) is 0. The molecule has 302 valence electrons. The van der Waals surface area contributed by atoms with Gasteiger partial charge in [-0.25, -0.2) is 0 Å². The summed E-state index contributed by atoms with van der Waals surface area (Å²) in [5.41, 5.74) is 24.5. The first kappa shape index (κ1) is 37.7. The highest BCUT2D eigenvalue weighted by Gasteiger charge is 2.30. The van der Waals surface area contributed by atoms with Gasteiger partial charge in [0, 0.05) is 25.5 Å². The van der Waals surface area contributed by atoms with Crippen LogP contribution in [-0.2, 0) is 0 Å². The average molecular weight is 803 g/mol. The van der Waals surface area contributed by atoms with E-state index >= 15 is 0 Å². The summed E-state index contributed by atoms with van der Waals surface area (Å²) >= 11 is 0. The number of benzene rings is 9. The van der Waals surface area contributed by atoms with Crippen molar-refractivity contribution < 1.29 is 0 Å². The SMILES string of the molecule is Cc1cc(-c2c3ccc(N4c5ccccc5N(C)c5ccccc54)cc3c(-c3cc(C)c(C)c(C)c3)c3ccc(N4c5ccccc5N(C)c5ccccc54)cc23)cc(C)c1C. The minimum absolute atomic E-state index is 1.14. The van der Waals surface area contributed by atoms with Crippen LogP contribution in [0.5, 0.6) is 0 Å². The zero-order valence-electron chi connectivity index (χ0n) is 36.8. The molecule has 0 aromatic heterocycles. The summed E-state index contributed by atoms with van der Waals surface area (Å²) in [5, 5.41) is 4.95. The van der Waals surface area contributed by atoms with Crippen molar-refractivity contribution >= 4 is 78.4 Å². The number of hydrogen-bond acceptors (Lipinski definition) is 4. The van der Waals surface area contributed by atoms with E-state index in [0.29, 0.717) is 0 Å². The summed E-state index contributed by atoms with van der Waals surface area (Å²) < 4.78 is 0. The highest BCUT2D eigenvalue weighted by atomic mass is 15.3. The second-order valence-electron chi connectivity index (χ2n) is 17.4. The van der Waals surface area contributed by atoms with Crippen LogP contribution in [0.15, 0.2) is 158 Å². The number of hydrogen-bond donors (Lipinski definition) is 0. The van der Waals surface area contributed by atoms with Crippen LogP contribution < -0.4 is 19.6 Å². The van der Waals surface area contributed by atoms with Gasteiger partial charge >= 0.3 is 0 Å². The van der Waals surface area contributed by atoms with Crippen molar-refractivity contribution in [3.8, 4) is 22.3 Å². The molecule has 9 aromatic rings. The molecule has 0 unspecified atom stereocenters. The standard InChI is InChI=1S/C58H50N4/c1-35-29-41(30-36(2)39(35)5)57-45-27-25-44(62-55-23-15-11-19-51(55)60(8)52-20-12-16-24-56(52)62)34-48(45)58(42-31-37(3)40(6)38(4)32-42)46-28-26-43(33-47(46)57)61-53-21-13-9-17-49(53)59(7)50-18-10-14-22-54(50)61/h9-34H,1-8H3. The van der Waals surface area contributed by atoms with E-state index in [1.165, 1.54) is 123 Å². The molecule has 0 saturated carbocycles. The molecule has 0 bridgehead atoms. The van der Waals surface area contributed by atoms with Gasteiger partial charge in [-0.2, -0.15) is 0 Å². The molecule has 2 heterocycles. The van der Waals surface area contributed by atoms with Crippen molar-refractivity contribution in [3.63, 3.8) is 0 Å². The predicted octanol–water partition coefficient (Wildman–Crippen LogP) is 16.3. The summed E-state index contributed by atoms with van der Waals surface area (Å²) in [6.07, 6.45) is 0. The Morgan fingerprint density at radius 1 is 0.290 bits per heavy atom. The molecule has 11 rings (SSSR count). The molecule has 0 spiro atoms. The molecule has 4 heteroatoms. The fourth-order valence-electron chi connectivity index (χ4n) is 10.3. The maximum atomic E-state index is 2.46. The number of nitrogens with zero attached hydrogens (tertiary/aromatic N) is 4. The van der Waals surface area contributed by atoms with Crippen LogP contribution in [0, 0.1) is 41.5 Å². The van der Waals surface area contributed by atoms with Crippen molar-refractivity contribution in [1.29, 1.82) is 0 Å². The lowest BCUT2D eigenvalue weighted by Gasteiger charge is -2.39. The molecule has 0 atom stereocenters. The van der Waals surface area contributed by atoms with Crippen molar-refractivity contribution in [3.05, 3.63) is 191 Å². The fraction of sp³-hybridized carbons (Fsp3) is 0.138. The lowest BCUT2D eigenvalue weighted by Crippen LogP contribution is -2.24. The van der Waals surface area contributed by atoms with Crippen LogP contribution in [0.3, 0.4) is 0 Å². The van der Waals surface area contributed by atoms with E-state index in [1.807, 2.05) is 0 Å².